The first-order chi connectivity index (χ1) is 9.51. The van der Waals surface area contributed by atoms with Crippen LogP contribution in [0.5, 0.6) is 5.75 Å². The molecule has 0 aliphatic heterocycles. The van der Waals surface area contributed by atoms with Gasteiger partial charge >= 0.3 is 5.97 Å². The maximum atomic E-state index is 13.3. The third kappa shape index (κ3) is 2.90. The van der Waals surface area contributed by atoms with Gasteiger partial charge in [-0.25, -0.2) is 9.18 Å². The minimum atomic E-state index is -1.11. The molecule has 0 spiro atoms. The minimum Gasteiger partial charge on any atom is -0.494 e. The number of aromatic carboxylic acids is 1. The molecule has 2 rings (SSSR count). The van der Waals surface area contributed by atoms with Gasteiger partial charge in [0.05, 0.1) is 7.11 Å². The SMILES string of the molecule is COc1cc(NCc2cc(C(=O)O)oc2C)ccc1F. The summed E-state index contributed by atoms with van der Waals surface area (Å²) >= 11 is 0. The summed E-state index contributed by atoms with van der Waals surface area (Å²) in [5.74, 6) is -0.974. The summed E-state index contributed by atoms with van der Waals surface area (Å²) < 4.78 is 23.2. The van der Waals surface area contributed by atoms with E-state index in [0.717, 1.165) is 5.56 Å². The summed E-state index contributed by atoms with van der Waals surface area (Å²) in [6.07, 6.45) is 0. The van der Waals surface area contributed by atoms with Gasteiger partial charge in [-0.3, -0.25) is 0 Å². The molecule has 2 aromatic rings. The van der Waals surface area contributed by atoms with E-state index in [1.807, 2.05) is 0 Å². The van der Waals surface area contributed by atoms with Crippen molar-refractivity contribution in [2.45, 2.75) is 13.5 Å². The molecule has 0 aliphatic rings. The highest BCUT2D eigenvalue weighted by Gasteiger charge is 2.13. The summed E-state index contributed by atoms with van der Waals surface area (Å²) in [7, 11) is 1.39. The molecule has 0 aliphatic carbocycles. The minimum absolute atomic E-state index is 0.101. The third-order valence-corrected chi connectivity index (χ3v) is 2.87. The number of hydrogen-bond donors (Lipinski definition) is 2. The van der Waals surface area contributed by atoms with E-state index in [4.69, 9.17) is 14.3 Å². The van der Waals surface area contributed by atoms with Gasteiger partial charge in [-0.05, 0) is 25.1 Å². The van der Waals surface area contributed by atoms with Gasteiger partial charge in [-0.2, -0.15) is 0 Å². The lowest BCUT2D eigenvalue weighted by Gasteiger charge is -2.08. The van der Waals surface area contributed by atoms with Crippen molar-refractivity contribution in [2.75, 3.05) is 12.4 Å². The molecule has 5 nitrogen and oxygen atoms in total. The number of ether oxygens (including phenoxy) is 1. The molecular formula is C14H14FNO4. The Bertz CT molecular complexity index is 636. The Morgan fingerprint density at radius 2 is 2.20 bits per heavy atom. The number of carboxylic acids is 1. The molecule has 0 radical (unpaired) electrons. The Balaban J connectivity index is 2.10. The van der Waals surface area contributed by atoms with Crippen LogP contribution in [0.3, 0.4) is 0 Å². The van der Waals surface area contributed by atoms with Gasteiger partial charge in [0.25, 0.3) is 0 Å². The number of hydrogen-bond acceptors (Lipinski definition) is 4. The van der Waals surface area contributed by atoms with Crippen LogP contribution in [-0.4, -0.2) is 18.2 Å². The van der Waals surface area contributed by atoms with Crippen LogP contribution < -0.4 is 10.1 Å². The van der Waals surface area contributed by atoms with Crippen molar-refractivity contribution in [3.8, 4) is 5.75 Å². The van der Waals surface area contributed by atoms with Crippen LogP contribution in [0, 0.1) is 12.7 Å². The summed E-state index contributed by atoms with van der Waals surface area (Å²) in [6, 6.07) is 5.87. The highest BCUT2D eigenvalue weighted by atomic mass is 19.1. The maximum Gasteiger partial charge on any atom is 0.371 e. The fourth-order valence-electron chi connectivity index (χ4n) is 1.77. The van der Waals surface area contributed by atoms with Gasteiger partial charge in [0, 0.05) is 23.9 Å². The van der Waals surface area contributed by atoms with E-state index in [-0.39, 0.29) is 11.5 Å². The molecule has 0 amide bonds. The second-order valence-electron chi connectivity index (χ2n) is 4.20. The second-order valence-corrected chi connectivity index (χ2v) is 4.20. The van der Waals surface area contributed by atoms with Crippen LogP contribution in [0.25, 0.3) is 0 Å². The monoisotopic (exact) mass is 279 g/mol. The number of anilines is 1. The average Bonchev–Trinajstić information content (AvgIpc) is 2.79. The Labute approximate surface area is 115 Å². The Hall–Kier alpha value is -2.50. The largest absolute Gasteiger partial charge is 0.494 e. The molecule has 106 valence electrons. The van der Waals surface area contributed by atoms with E-state index in [0.29, 0.717) is 18.0 Å². The first-order valence-electron chi connectivity index (χ1n) is 5.91. The standard InChI is InChI=1S/C14H14FNO4/c1-8-9(5-13(20-8)14(17)18)7-16-10-3-4-11(15)12(6-10)19-2/h3-6,16H,7H2,1-2H3,(H,17,18). The molecule has 2 N–H and O–H groups in total. The molecule has 0 atom stereocenters. The average molecular weight is 279 g/mol. The molecular weight excluding hydrogens is 265 g/mol. The molecule has 20 heavy (non-hydrogen) atoms. The number of aryl methyl sites for hydroxylation is 1. The molecule has 1 aromatic carbocycles. The topological polar surface area (TPSA) is 71.7 Å². The van der Waals surface area contributed by atoms with Gasteiger partial charge in [0.1, 0.15) is 5.76 Å². The summed E-state index contributed by atoms with van der Waals surface area (Å²) in [4.78, 5) is 10.8. The number of carbonyl (C=O) groups is 1. The number of carboxylic acid groups (broad SMARTS) is 1. The highest BCUT2D eigenvalue weighted by Crippen LogP contribution is 2.23. The van der Waals surface area contributed by atoms with Crippen LogP contribution >= 0.6 is 0 Å². The summed E-state index contributed by atoms with van der Waals surface area (Å²) in [5, 5.41) is 11.9. The van der Waals surface area contributed by atoms with Gasteiger partial charge in [-0.1, -0.05) is 0 Å². The smallest absolute Gasteiger partial charge is 0.371 e. The molecule has 0 saturated carbocycles. The van der Waals surface area contributed by atoms with Gasteiger partial charge < -0.3 is 19.6 Å². The van der Waals surface area contributed by atoms with Crippen molar-refractivity contribution in [1.29, 1.82) is 0 Å². The number of furan rings is 1. The zero-order valence-corrected chi connectivity index (χ0v) is 11.1. The Morgan fingerprint density at radius 3 is 2.80 bits per heavy atom. The maximum absolute atomic E-state index is 13.3. The Morgan fingerprint density at radius 1 is 1.45 bits per heavy atom. The molecule has 0 saturated heterocycles. The predicted molar refractivity (Wildman–Crippen MR) is 70.7 cm³/mol. The Kier molecular flexibility index (Phi) is 3.93. The van der Waals surface area contributed by atoms with E-state index in [1.54, 1.807) is 13.0 Å². The van der Waals surface area contributed by atoms with E-state index >= 15 is 0 Å². The van der Waals surface area contributed by atoms with Crippen molar-refractivity contribution in [3.05, 3.63) is 47.2 Å². The summed E-state index contributed by atoms with van der Waals surface area (Å²) in [5.41, 5.74) is 1.39. The van der Waals surface area contributed by atoms with Crippen molar-refractivity contribution in [1.82, 2.24) is 0 Å². The molecule has 0 bridgehead atoms. The highest BCUT2D eigenvalue weighted by molar-refractivity contribution is 5.84. The molecule has 1 aromatic heterocycles. The first-order valence-corrected chi connectivity index (χ1v) is 5.91. The van der Waals surface area contributed by atoms with E-state index in [2.05, 4.69) is 5.32 Å². The molecule has 0 unspecified atom stereocenters. The lowest BCUT2D eigenvalue weighted by molar-refractivity contribution is 0.0661. The number of benzene rings is 1. The van der Waals surface area contributed by atoms with E-state index in [9.17, 15) is 9.18 Å². The number of rotatable bonds is 5. The van der Waals surface area contributed by atoms with E-state index in [1.165, 1.54) is 25.3 Å². The van der Waals surface area contributed by atoms with Crippen molar-refractivity contribution in [2.24, 2.45) is 0 Å². The van der Waals surface area contributed by atoms with Crippen molar-refractivity contribution >= 4 is 11.7 Å². The lowest BCUT2D eigenvalue weighted by atomic mass is 10.2. The lowest BCUT2D eigenvalue weighted by Crippen LogP contribution is -2.00. The van der Waals surface area contributed by atoms with Crippen LogP contribution in [0.2, 0.25) is 0 Å². The van der Waals surface area contributed by atoms with E-state index < -0.39 is 11.8 Å². The van der Waals surface area contributed by atoms with Crippen molar-refractivity contribution in [3.63, 3.8) is 0 Å². The number of methoxy groups -OCH3 is 1. The number of halogens is 1. The second kappa shape index (κ2) is 5.64. The van der Waals surface area contributed by atoms with Crippen LogP contribution in [-0.2, 0) is 6.54 Å². The normalized spacial score (nSPS) is 10.3. The van der Waals surface area contributed by atoms with Gasteiger partial charge in [-0.15, -0.1) is 0 Å². The van der Waals surface area contributed by atoms with Crippen molar-refractivity contribution < 1.29 is 23.4 Å². The van der Waals surface area contributed by atoms with Crippen LogP contribution in [0.4, 0.5) is 10.1 Å². The zero-order valence-electron chi connectivity index (χ0n) is 11.1. The summed E-state index contributed by atoms with van der Waals surface area (Å²) in [6.45, 7) is 2.06. The van der Waals surface area contributed by atoms with Crippen LogP contribution in [0.15, 0.2) is 28.7 Å². The predicted octanol–water partition coefficient (Wildman–Crippen LogP) is 3.05. The third-order valence-electron chi connectivity index (χ3n) is 2.87. The zero-order chi connectivity index (χ0) is 14.7. The molecule has 0 fully saturated rings. The quantitative estimate of drug-likeness (QED) is 0.880. The molecule has 1 heterocycles. The number of nitrogens with one attached hydrogen (secondary N) is 1. The van der Waals surface area contributed by atoms with Gasteiger partial charge in [0.2, 0.25) is 5.76 Å². The first kappa shape index (κ1) is 13.9. The fraction of sp³-hybridized carbons (Fsp3) is 0.214. The van der Waals surface area contributed by atoms with Gasteiger partial charge in [0.15, 0.2) is 11.6 Å². The molecule has 6 heteroatoms. The van der Waals surface area contributed by atoms with Crippen LogP contribution in [0.1, 0.15) is 21.9 Å². The fourth-order valence-corrected chi connectivity index (χ4v) is 1.77.